The number of phosphoric acid groups is 1. The highest BCUT2D eigenvalue weighted by Crippen LogP contribution is 2.38. The van der Waals surface area contributed by atoms with Gasteiger partial charge in [0.25, 0.3) is 7.82 Å². The molecule has 10 heteroatoms. The van der Waals surface area contributed by atoms with Crippen LogP contribution in [0.4, 0.5) is 0 Å². The van der Waals surface area contributed by atoms with E-state index >= 15 is 0 Å². The smallest absolute Gasteiger partial charge is 0.306 e. The van der Waals surface area contributed by atoms with E-state index in [9.17, 15) is 19.0 Å². The summed E-state index contributed by atoms with van der Waals surface area (Å²) in [6.45, 7) is 6.85. The lowest BCUT2D eigenvalue weighted by atomic mass is 10.0. The van der Waals surface area contributed by atoms with Gasteiger partial charge in [0.15, 0.2) is 0 Å². The molecular weight excluding hydrogens is 1120 g/mol. The SMILES string of the molecule is CCCCC/C=C\C/C=C\C/C=C\C/C=C\CCCCCCCCCC(=O)OC(/C=C\CCCCCCCCCCCCC)C(COP(=O)([O-])OCC[N+](C)(C)C)NC(=O)CCCCCCCCCCCCCCCCCCC/C=C/CCCCCCCC. The van der Waals surface area contributed by atoms with Crippen LogP contribution in [0.3, 0.4) is 0 Å². The highest BCUT2D eigenvalue weighted by atomic mass is 31.2. The minimum absolute atomic E-state index is 0.0247. The van der Waals surface area contributed by atoms with Crippen molar-refractivity contribution in [2.75, 3.05) is 40.9 Å². The number of rotatable bonds is 70. The van der Waals surface area contributed by atoms with Crippen LogP contribution in [-0.4, -0.2) is 69.4 Å². The number of hydrogen-bond acceptors (Lipinski definition) is 7. The van der Waals surface area contributed by atoms with E-state index in [-0.39, 0.29) is 24.9 Å². The summed E-state index contributed by atoms with van der Waals surface area (Å²) in [5.74, 6) is -0.539. The van der Waals surface area contributed by atoms with Gasteiger partial charge in [-0.05, 0) is 102 Å². The third-order valence-corrected chi connectivity index (χ3v) is 18.1. The molecule has 0 aliphatic carbocycles. The predicted molar refractivity (Wildman–Crippen MR) is 385 cm³/mol. The Morgan fingerprint density at radius 1 is 0.393 bits per heavy atom. The molecular formula is C79H147N2O7P. The van der Waals surface area contributed by atoms with E-state index in [4.69, 9.17) is 13.8 Å². The van der Waals surface area contributed by atoms with Crippen molar-refractivity contribution in [2.24, 2.45) is 0 Å². The van der Waals surface area contributed by atoms with Crippen LogP contribution in [0.15, 0.2) is 72.9 Å². The molecule has 0 rings (SSSR count). The van der Waals surface area contributed by atoms with Gasteiger partial charge in [-0.15, -0.1) is 0 Å². The standard InChI is InChI=1S/C79H147N2O7P/c1-7-10-13-16-19-22-25-28-30-32-34-36-38-39-40-41-43-44-46-48-50-53-56-59-62-65-68-71-78(82)80-76(75-87-89(84,85)86-74-73-81(4,5)6)77(70-67-64-61-58-55-52-27-24-21-18-15-12-9-3)88-79(83)72-69-66-63-60-57-54-51-49-47-45-42-37-35-33-31-29-26-23-20-17-14-11-8-2/h20,23,28-31,35,37,45,47,67,70,76-77H,7-19,21-22,24-27,32-34,36,38-44,46,48-66,68-69,71-75H2,1-6H3,(H-,80,82,84,85)/b23-20-,30-28+,31-29-,37-35-,47-45-,70-67-. The Morgan fingerprint density at radius 3 is 1.06 bits per heavy atom. The van der Waals surface area contributed by atoms with Crippen LogP contribution in [0.5, 0.6) is 0 Å². The number of amides is 1. The van der Waals surface area contributed by atoms with Crippen LogP contribution < -0.4 is 10.2 Å². The number of phosphoric ester groups is 1. The Bertz CT molecular complexity index is 1750. The zero-order chi connectivity index (χ0) is 64.9. The van der Waals surface area contributed by atoms with Gasteiger partial charge in [0, 0.05) is 12.8 Å². The molecule has 0 aromatic carbocycles. The average Bonchev–Trinajstić information content (AvgIpc) is 3.57. The average molecular weight is 1270 g/mol. The van der Waals surface area contributed by atoms with Gasteiger partial charge in [0.05, 0.1) is 33.8 Å². The maximum Gasteiger partial charge on any atom is 0.306 e. The zero-order valence-electron chi connectivity index (χ0n) is 59.6. The molecule has 0 aromatic heterocycles. The molecule has 0 bridgehead atoms. The lowest BCUT2D eigenvalue weighted by Gasteiger charge is -2.30. The first kappa shape index (κ1) is 86.5. The molecule has 0 spiro atoms. The number of allylic oxidation sites excluding steroid dienone is 11. The van der Waals surface area contributed by atoms with Crippen molar-refractivity contribution in [1.82, 2.24) is 5.32 Å². The number of nitrogens with zero attached hydrogens (tertiary/aromatic N) is 1. The van der Waals surface area contributed by atoms with Crippen LogP contribution >= 0.6 is 7.82 Å². The first-order chi connectivity index (χ1) is 43.4. The van der Waals surface area contributed by atoms with Crippen molar-refractivity contribution in [1.29, 1.82) is 0 Å². The van der Waals surface area contributed by atoms with E-state index in [0.29, 0.717) is 17.4 Å². The van der Waals surface area contributed by atoms with E-state index in [1.54, 1.807) is 0 Å². The fourth-order valence-corrected chi connectivity index (χ4v) is 11.9. The van der Waals surface area contributed by atoms with Crippen molar-refractivity contribution < 1.29 is 37.3 Å². The molecule has 9 nitrogen and oxygen atoms in total. The third-order valence-electron chi connectivity index (χ3n) is 17.1. The molecule has 89 heavy (non-hydrogen) atoms. The van der Waals surface area contributed by atoms with E-state index < -0.39 is 26.6 Å². The van der Waals surface area contributed by atoms with Crippen molar-refractivity contribution >= 4 is 19.7 Å². The summed E-state index contributed by atoms with van der Waals surface area (Å²) in [5.41, 5.74) is 0. The summed E-state index contributed by atoms with van der Waals surface area (Å²) in [7, 11) is 1.19. The van der Waals surface area contributed by atoms with E-state index in [0.717, 1.165) is 89.9 Å². The van der Waals surface area contributed by atoms with Gasteiger partial charge in [-0.2, -0.15) is 0 Å². The fourth-order valence-electron chi connectivity index (χ4n) is 11.2. The van der Waals surface area contributed by atoms with Crippen molar-refractivity contribution in [2.45, 2.75) is 380 Å². The Labute approximate surface area is 553 Å². The monoisotopic (exact) mass is 1270 g/mol. The lowest BCUT2D eigenvalue weighted by Crippen LogP contribution is -2.47. The Hall–Kier alpha value is -2.55. The second kappa shape index (κ2) is 68.3. The molecule has 0 aliphatic rings. The molecule has 0 saturated heterocycles. The molecule has 1 N–H and O–H groups in total. The molecule has 0 fully saturated rings. The molecule has 3 unspecified atom stereocenters. The molecule has 0 radical (unpaired) electrons. The van der Waals surface area contributed by atoms with Crippen LogP contribution in [0.1, 0.15) is 367 Å². The summed E-state index contributed by atoms with van der Waals surface area (Å²) in [6.07, 6.45) is 90.3. The van der Waals surface area contributed by atoms with E-state index in [1.807, 2.05) is 33.3 Å². The number of quaternary nitrogens is 1. The molecule has 0 aliphatic heterocycles. The second-order valence-electron chi connectivity index (χ2n) is 27.1. The maximum atomic E-state index is 13.6. The molecule has 0 saturated carbocycles. The lowest BCUT2D eigenvalue weighted by molar-refractivity contribution is -0.870. The number of esters is 1. The normalized spacial score (nSPS) is 13.8. The highest BCUT2D eigenvalue weighted by molar-refractivity contribution is 7.45. The number of carbonyl (C=O) groups excluding carboxylic acids is 2. The fraction of sp³-hybridized carbons (Fsp3) is 0.823. The van der Waals surface area contributed by atoms with Gasteiger partial charge in [-0.3, -0.25) is 14.2 Å². The van der Waals surface area contributed by atoms with Crippen LogP contribution in [-0.2, 0) is 27.9 Å². The predicted octanol–water partition coefficient (Wildman–Crippen LogP) is 24.1. The number of unbranched alkanes of at least 4 members (excludes halogenated alkanes) is 44. The third kappa shape index (κ3) is 69.6. The summed E-state index contributed by atoms with van der Waals surface area (Å²) >= 11 is 0. The van der Waals surface area contributed by atoms with E-state index in [2.05, 4.69) is 86.8 Å². The Balaban J connectivity index is 5.02. The minimum atomic E-state index is -4.71. The van der Waals surface area contributed by atoms with Gasteiger partial charge in [-0.1, -0.05) is 325 Å². The number of carbonyl (C=O) groups is 2. The van der Waals surface area contributed by atoms with E-state index in [1.165, 1.54) is 244 Å². The summed E-state index contributed by atoms with van der Waals surface area (Å²) in [4.78, 5) is 40.3. The summed E-state index contributed by atoms with van der Waals surface area (Å²) in [6, 6.07) is -0.896. The van der Waals surface area contributed by atoms with Gasteiger partial charge in [-0.25, -0.2) is 0 Å². The highest BCUT2D eigenvalue weighted by Gasteiger charge is 2.27. The van der Waals surface area contributed by atoms with Gasteiger partial charge < -0.3 is 28.5 Å². The van der Waals surface area contributed by atoms with Gasteiger partial charge in [0.2, 0.25) is 5.91 Å². The topological polar surface area (TPSA) is 114 Å². The van der Waals surface area contributed by atoms with Crippen LogP contribution in [0.25, 0.3) is 0 Å². The summed E-state index contributed by atoms with van der Waals surface area (Å²) in [5, 5.41) is 3.05. The van der Waals surface area contributed by atoms with Crippen molar-refractivity contribution in [3.05, 3.63) is 72.9 Å². The number of hydrogen-bond donors (Lipinski definition) is 1. The number of nitrogens with one attached hydrogen (secondary N) is 1. The Morgan fingerprint density at radius 2 is 0.685 bits per heavy atom. The molecule has 520 valence electrons. The van der Waals surface area contributed by atoms with Gasteiger partial charge in [0.1, 0.15) is 19.3 Å². The van der Waals surface area contributed by atoms with Crippen LogP contribution in [0, 0.1) is 0 Å². The largest absolute Gasteiger partial charge is 0.756 e. The zero-order valence-corrected chi connectivity index (χ0v) is 60.5. The van der Waals surface area contributed by atoms with Crippen molar-refractivity contribution in [3.8, 4) is 0 Å². The van der Waals surface area contributed by atoms with Crippen LogP contribution in [0.2, 0.25) is 0 Å². The van der Waals surface area contributed by atoms with Gasteiger partial charge >= 0.3 is 5.97 Å². The summed E-state index contributed by atoms with van der Waals surface area (Å²) < 4.78 is 30.5. The Kier molecular flexibility index (Phi) is 66.4. The first-order valence-corrected chi connectivity index (χ1v) is 39.7. The molecule has 0 aromatic rings. The molecule has 1 amide bonds. The second-order valence-corrected chi connectivity index (χ2v) is 28.6. The quantitative estimate of drug-likeness (QED) is 0.0212. The maximum absolute atomic E-state index is 13.6. The number of ether oxygens (including phenoxy) is 1. The van der Waals surface area contributed by atoms with Crippen molar-refractivity contribution in [3.63, 3.8) is 0 Å². The molecule has 0 heterocycles. The first-order valence-electron chi connectivity index (χ1n) is 38.2. The molecule has 3 atom stereocenters. The minimum Gasteiger partial charge on any atom is -0.756 e. The number of likely N-dealkylation sites (N-methyl/N-ethyl adjacent to an activating group) is 1.